The molecule has 36 heavy (non-hydrogen) atoms. The number of fused-ring (bicyclic) bond motifs is 3. The van der Waals surface area contributed by atoms with Crippen molar-refractivity contribution in [2.75, 3.05) is 6.61 Å². The molecule has 0 aromatic heterocycles. The maximum Gasteiger partial charge on any atom is 0.309 e. The lowest BCUT2D eigenvalue weighted by atomic mass is 9.41. The van der Waals surface area contributed by atoms with E-state index >= 15 is 0 Å². The first kappa shape index (κ1) is 28.0. The quantitative estimate of drug-likeness (QED) is 0.202. The van der Waals surface area contributed by atoms with Gasteiger partial charge in [0.05, 0.1) is 12.0 Å². The average Bonchev–Trinajstić information content (AvgIpc) is 3.10. The fourth-order valence-corrected chi connectivity index (χ4v) is 9.89. The van der Waals surface area contributed by atoms with Crippen LogP contribution in [-0.2, 0) is 14.3 Å². The largest absolute Gasteiger partial charge is 0.481 e. The Morgan fingerprint density at radius 2 is 1.53 bits per heavy atom. The molecular formula is C32H54O4. The fraction of sp³-hybridized carbons (Fsp3) is 0.938. The maximum atomic E-state index is 12.5. The lowest BCUT2D eigenvalue weighted by Gasteiger charge is -2.63. The first-order valence-electron chi connectivity index (χ1n) is 15.6. The third-order valence-corrected chi connectivity index (χ3v) is 11.7. The van der Waals surface area contributed by atoms with Crippen molar-refractivity contribution in [3.63, 3.8) is 0 Å². The van der Waals surface area contributed by atoms with E-state index in [1.54, 1.807) is 0 Å². The second-order valence-electron chi connectivity index (χ2n) is 13.9. The summed E-state index contributed by atoms with van der Waals surface area (Å²) in [7, 11) is 0. The van der Waals surface area contributed by atoms with Gasteiger partial charge in [-0.1, -0.05) is 71.6 Å². The molecule has 206 valence electrons. The standard InChI is InChI=1S/C32H54O4/c1-4-5-6-7-8-9-10-11-12-14-28(33)36-23-25-22-32-20-17-26-30(2,27(32)16-15-24(25)21-32)18-13-19-31(26,3)29(34)35/h24-27H,4-23H2,1-3H3,(H,34,35). The van der Waals surface area contributed by atoms with Crippen LogP contribution in [0.2, 0.25) is 0 Å². The normalized spacial score (nSPS) is 39.3. The Labute approximate surface area is 220 Å². The van der Waals surface area contributed by atoms with Gasteiger partial charge in [-0.05, 0) is 99.2 Å². The van der Waals surface area contributed by atoms with Gasteiger partial charge in [0.1, 0.15) is 0 Å². The Morgan fingerprint density at radius 3 is 2.22 bits per heavy atom. The Bertz CT molecular complexity index is 763. The predicted octanol–water partition coefficient (Wildman–Crippen LogP) is 8.56. The Kier molecular flexibility index (Phi) is 9.14. The van der Waals surface area contributed by atoms with Gasteiger partial charge in [0.15, 0.2) is 0 Å². The van der Waals surface area contributed by atoms with Gasteiger partial charge in [-0.15, -0.1) is 0 Å². The first-order chi connectivity index (χ1) is 17.2. The van der Waals surface area contributed by atoms with Crippen molar-refractivity contribution in [1.82, 2.24) is 0 Å². The molecule has 2 bridgehead atoms. The molecule has 0 aromatic rings. The molecule has 4 rings (SSSR count). The zero-order chi connectivity index (χ0) is 25.8. The van der Waals surface area contributed by atoms with E-state index in [1.165, 1.54) is 83.5 Å². The van der Waals surface area contributed by atoms with Crippen molar-refractivity contribution in [2.24, 2.45) is 39.9 Å². The Hall–Kier alpha value is -1.06. The summed E-state index contributed by atoms with van der Waals surface area (Å²) in [6, 6.07) is 0. The summed E-state index contributed by atoms with van der Waals surface area (Å²) in [6.07, 6.45) is 22.2. The minimum atomic E-state index is -0.578. The SMILES string of the molecule is CCCCCCCCCCCC(=O)OCC1CC23CCC4C(C)(C(=O)O)CCCC4(C)C2CCC1C3. The zero-order valence-corrected chi connectivity index (χ0v) is 23.6. The number of carboxylic acids is 1. The minimum absolute atomic E-state index is 0.00798. The monoisotopic (exact) mass is 502 g/mol. The van der Waals surface area contributed by atoms with E-state index in [0.717, 1.165) is 32.1 Å². The number of hydrogen-bond acceptors (Lipinski definition) is 3. The number of hydrogen-bond donors (Lipinski definition) is 1. The smallest absolute Gasteiger partial charge is 0.309 e. The van der Waals surface area contributed by atoms with Crippen LogP contribution in [0.5, 0.6) is 0 Å². The van der Waals surface area contributed by atoms with E-state index in [1.807, 2.05) is 6.92 Å². The molecule has 4 aliphatic rings. The second kappa shape index (κ2) is 11.8. The second-order valence-corrected chi connectivity index (χ2v) is 13.9. The van der Waals surface area contributed by atoms with Gasteiger partial charge in [0.25, 0.3) is 0 Å². The Balaban J connectivity index is 1.23. The highest BCUT2D eigenvalue weighted by Gasteiger charge is 2.65. The molecule has 1 N–H and O–H groups in total. The summed E-state index contributed by atoms with van der Waals surface area (Å²) in [6.45, 7) is 7.35. The first-order valence-corrected chi connectivity index (χ1v) is 15.6. The van der Waals surface area contributed by atoms with E-state index in [9.17, 15) is 14.7 Å². The number of carbonyl (C=O) groups excluding carboxylic acids is 1. The Morgan fingerprint density at radius 1 is 0.833 bits per heavy atom. The summed E-state index contributed by atoms with van der Waals surface area (Å²) in [4.78, 5) is 24.8. The van der Waals surface area contributed by atoms with Crippen LogP contribution < -0.4 is 0 Å². The highest BCUT2D eigenvalue weighted by Crippen LogP contribution is 2.72. The van der Waals surface area contributed by atoms with E-state index < -0.39 is 11.4 Å². The van der Waals surface area contributed by atoms with Crippen molar-refractivity contribution in [3.8, 4) is 0 Å². The van der Waals surface area contributed by atoms with Crippen LogP contribution in [0.1, 0.15) is 143 Å². The summed E-state index contributed by atoms with van der Waals surface area (Å²) >= 11 is 0. The van der Waals surface area contributed by atoms with Crippen molar-refractivity contribution >= 4 is 11.9 Å². The molecule has 4 nitrogen and oxygen atoms in total. The summed E-state index contributed by atoms with van der Waals surface area (Å²) < 4.78 is 5.86. The van der Waals surface area contributed by atoms with Gasteiger partial charge in [0.2, 0.25) is 0 Å². The molecule has 0 saturated heterocycles. The van der Waals surface area contributed by atoms with E-state index in [4.69, 9.17) is 4.74 Å². The average molecular weight is 503 g/mol. The van der Waals surface area contributed by atoms with Crippen LogP contribution in [-0.4, -0.2) is 23.7 Å². The molecule has 0 heterocycles. The lowest BCUT2D eigenvalue weighted by Crippen LogP contribution is -2.58. The van der Waals surface area contributed by atoms with Gasteiger partial charge in [0, 0.05) is 6.42 Å². The molecule has 4 fully saturated rings. The molecule has 0 aliphatic heterocycles. The van der Waals surface area contributed by atoms with Gasteiger partial charge >= 0.3 is 11.9 Å². The van der Waals surface area contributed by atoms with Gasteiger partial charge < -0.3 is 9.84 Å². The molecule has 1 spiro atoms. The number of carbonyl (C=O) groups is 2. The summed E-state index contributed by atoms with van der Waals surface area (Å²) in [5.74, 6) is 1.58. The number of aliphatic carboxylic acids is 1. The molecule has 4 heteroatoms. The maximum absolute atomic E-state index is 12.5. The molecule has 4 saturated carbocycles. The number of rotatable bonds is 13. The molecule has 0 aromatic carbocycles. The topological polar surface area (TPSA) is 63.6 Å². The van der Waals surface area contributed by atoms with Crippen LogP contribution in [0, 0.1) is 39.9 Å². The highest BCUT2D eigenvalue weighted by molar-refractivity contribution is 5.75. The zero-order valence-electron chi connectivity index (χ0n) is 23.6. The van der Waals surface area contributed by atoms with E-state index in [-0.39, 0.29) is 11.4 Å². The molecule has 4 aliphatic carbocycles. The van der Waals surface area contributed by atoms with Crippen molar-refractivity contribution in [1.29, 1.82) is 0 Å². The minimum Gasteiger partial charge on any atom is -0.481 e. The van der Waals surface area contributed by atoms with E-state index in [2.05, 4.69) is 13.8 Å². The molecule has 7 atom stereocenters. The van der Waals surface area contributed by atoms with Crippen LogP contribution in [0.25, 0.3) is 0 Å². The van der Waals surface area contributed by atoms with Crippen molar-refractivity contribution in [2.45, 2.75) is 143 Å². The lowest BCUT2D eigenvalue weighted by molar-refractivity contribution is -0.181. The molecular weight excluding hydrogens is 448 g/mol. The predicted molar refractivity (Wildman–Crippen MR) is 145 cm³/mol. The van der Waals surface area contributed by atoms with Crippen LogP contribution in [0.4, 0.5) is 0 Å². The summed E-state index contributed by atoms with van der Waals surface area (Å²) in [5.41, 5.74) is -0.0522. The summed E-state index contributed by atoms with van der Waals surface area (Å²) in [5, 5.41) is 10.1. The van der Waals surface area contributed by atoms with Crippen LogP contribution >= 0.6 is 0 Å². The van der Waals surface area contributed by atoms with Gasteiger partial charge in [-0.25, -0.2) is 0 Å². The molecule has 0 amide bonds. The van der Waals surface area contributed by atoms with Crippen LogP contribution in [0.3, 0.4) is 0 Å². The van der Waals surface area contributed by atoms with Gasteiger partial charge in [-0.2, -0.15) is 0 Å². The number of ether oxygens (including phenoxy) is 1. The molecule has 7 unspecified atom stereocenters. The molecule has 0 radical (unpaired) electrons. The third kappa shape index (κ3) is 5.53. The van der Waals surface area contributed by atoms with Crippen molar-refractivity contribution < 1.29 is 19.4 Å². The third-order valence-electron chi connectivity index (χ3n) is 11.7. The fourth-order valence-electron chi connectivity index (χ4n) is 9.89. The number of unbranched alkanes of at least 4 members (excludes halogenated alkanes) is 8. The van der Waals surface area contributed by atoms with Crippen LogP contribution in [0.15, 0.2) is 0 Å². The highest BCUT2D eigenvalue weighted by atomic mass is 16.5. The van der Waals surface area contributed by atoms with E-state index in [0.29, 0.717) is 42.1 Å². The number of esters is 1. The van der Waals surface area contributed by atoms with Crippen molar-refractivity contribution in [3.05, 3.63) is 0 Å². The number of carboxylic acid groups (broad SMARTS) is 1. The van der Waals surface area contributed by atoms with Gasteiger partial charge in [-0.3, -0.25) is 9.59 Å².